The van der Waals surface area contributed by atoms with E-state index < -0.39 is 0 Å². The van der Waals surface area contributed by atoms with Crippen molar-refractivity contribution in [1.29, 1.82) is 0 Å². The van der Waals surface area contributed by atoms with E-state index in [0.29, 0.717) is 0 Å². The first kappa shape index (κ1) is 14.3. The third-order valence-electron chi connectivity index (χ3n) is 2.84. The second-order valence-electron chi connectivity index (χ2n) is 4.25. The lowest BCUT2D eigenvalue weighted by Crippen LogP contribution is -2.12. The minimum absolute atomic E-state index is 0.219. The summed E-state index contributed by atoms with van der Waals surface area (Å²) in [5, 5.41) is 9.52. The number of halogens is 2. The van der Waals surface area contributed by atoms with Gasteiger partial charge in [0.2, 0.25) is 0 Å². The molecular weight excluding hydrogens is 376 g/mol. The maximum atomic E-state index is 9.52. The van der Waals surface area contributed by atoms with Gasteiger partial charge in [0.25, 0.3) is 0 Å². The average Bonchev–Trinajstić information content (AvgIpc) is 2.76. The van der Waals surface area contributed by atoms with Crippen LogP contribution in [0.15, 0.2) is 44.7 Å². The SMILES string of the molecule is OCC(Cc1ccc(Br)s1)Cc1ccccc1Br. The maximum absolute atomic E-state index is 9.52. The Morgan fingerprint density at radius 1 is 1.06 bits per heavy atom. The van der Waals surface area contributed by atoms with Crippen LogP contribution in [0.4, 0.5) is 0 Å². The lowest BCUT2D eigenvalue weighted by molar-refractivity contribution is 0.225. The molecule has 0 aliphatic rings. The van der Waals surface area contributed by atoms with E-state index in [-0.39, 0.29) is 12.5 Å². The van der Waals surface area contributed by atoms with Gasteiger partial charge >= 0.3 is 0 Å². The first-order valence-corrected chi connectivity index (χ1v) is 8.17. The summed E-state index contributed by atoms with van der Waals surface area (Å²) < 4.78 is 2.27. The Morgan fingerprint density at radius 3 is 2.44 bits per heavy atom. The number of benzene rings is 1. The van der Waals surface area contributed by atoms with Gasteiger partial charge in [-0.2, -0.15) is 0 Å². The minimum Gasteiger partial charge on any atom is -0.396 e. The zero-order valence-corrected chi connectivity index (χ0v) is 13.8. The van der Waals surface area contributed by atoms with Crippen LogP contribution in [0.5, 0.6) is 0 Å². The molecule has 0 amide bonds. The summed E-state index contributed by atoms with van der Waals surface area (Å²) in [6.45, 7) is 0.219. The summed E-state index contributed by atoms with van der Waals surface area (Å²) in [6.07, 6.45) is 1.82. The van der Waals surface area contributed by atoms with Crippen molar-refractivity contribution >= 4 is 43.2 Å². The molecule has 0 saturated carbocycles. The fourth-order valence-electron chi connectivity index (χ4n) is 1.92. The molecule has 0 fully saturated rings. The predicted octanol–water partition coefficient (Wildman–Crippen LogP) is 4.67. The molecule has 1 aromatic carbocycles. The molecule has 2 rings (SSSR count). The molecule has 0 spiro atoms. The number of hydrogen-bond acceptors (Lipinski definition) is 2. The summed E-state index contributed by atoms with van der Waals surface area (Å²) in [6, 6.07) is 12.4. The zero-order chi connectivity index (χ0) is 13.0. The number of hydrogen-bond donors (Lipinski definition) is 1. The Bertz CT molecular complexity index is 510. The molecular formula is C14H14Br2OS. The summed E-state index contributed by atoms with van der Waals surface area (Å²) in [5.74, 6) is 0.272. The molecule has 1 atom stereocenters. The molecule has 0 saturated heterocycles. The molecule has 0 bridgehead atoms. The minimum atomic E-state index is 0.219. The zero-order valence-electron chi connectivity index (χ0n) is 9.77. The molecule has 1 N–H and O–H groups in total. The lowest BCUT2D eigenvalue weighted by atomic mass is 9.96. The van der Waals surface area contributed by atoms with E-state index in [1.807, 2.05) is 18.2 Å². The van der Waals surface area contributed by atoms with E-state index in [4.69, 9.17) is 0 Å². The molecule has 18 heavy (non-hydrogen) atoms. The van der Waals surface area contributed by atoms with E-state index in [1.54, 1.807) is 11.3 Å². The van der Waals surface area contributed by atoms with Gasteiger partial charge < -0.3 is 5.11 Å². The van der Waals surface area contributed by atoms with Crippen molar-refractivity contribution in [1.82, 2.24) is 0 Å². The van der Waals surface area contributed by atoms with Crippen molar-refractivity contribution in [3.63, 3.8) is 0 Å². The quantitative estimate of drug-likeness (QED) is 0.787. The van der Waals surface area contributed by atoms with E-state index in [2.05, 4.69) is 50.1 Å². The summed E-state index contributed by atoms with van der Waals surface area (Å²) in [5.41, 5.74) is 1.26. The molecule has 2 aromatic rings. The van der Waals surface area contributed by atoms with Crippen molar-refractivity contribution in [3.05, 3.63) is 55.1 Å². The van der Waals surface area contributed by atoms with Gasteiger partial charge in [-0.25, -0.2) is 0 Å². The summed E-state index contributed by atoms with van der Waals surface area (Å²) in [4.78, 5) is 1.31. The van der Waals surface area contributed by atoms with Gasteiger partial charge in [-0.3, -0.25) is 0 Å². The smallest absolute Gasteiger partial charge is 0.0701 e. The second-order valence-corrected chi connectivity index (χ2v) is 7.66. The van der Waals surface area contributed by atoms with Crippen molar-refractivity contribution in [3.8, 4) is 0 Å². The number of aliphatic hydroxyl groups excluding tert-OH is 1. The fraction of sp³-hybridized carbons (Fsp3) is 0.286. The van der Waals surface area contributed by atoms with Crippen LogP contribution < -0.4 is 0 Å². The van der Waals surface area contributed by atoms with Crippen LogP contribution in [-0.4, -0.2) is 11.7 Å². The molecule has 4 heteroatoms. The number of rotatable bonds is 5. The third kappa shape index (κ3) is 3.92. The van der Waals surface area contributed by atoms with E-state index >= 15 is 0 Å². The van der Waals surface area contributed by atoms with Crippen LogP contribution in [0.2, 0.25) is 0 Å². The van der Waals surface area contributed by atoms with Gasteiger partial charge in [-0.15, -0.1) is 11.3 Å². The number of aliphatic hydroxyl groups is 1. The molecule has 96 valence electrons. The molecule has 1 heterocycles. The summed E-state index contributed by atoms with van der Waals surface area (Å²) in [7, 11) is 0. The highest BCUT2D eigenvalue weighted by atomic mass is 79.9. The van der Waals surface area contributed by atoms with Crippen molar-refractivity contribution in [2.75, 3.05) is 6.61 Å². The Hall–Kier alpha value is -0.160. The van der Waals surface area contributed by atoms with Crippen LogP contribution in [0.3, 0.4) is 0 Å². The lowest BCUT2D eigenvalue weighted by Gasteiger charge is -2.14. The topological polar surface area (TPSA) is 20.2 Å². The first-order valence-electron chi connectivity index (χ1n) is 5.77. The number of thiophene rings is 1. The average molecular weight is 390 g/mol. The van der Waals surface area contributed by atoms with E-state index in [9.17, 15) is 5.11 Å². The molecule has 1 nitrogen and oxygen atoms in total. The van der Waals surface area contributed by atoms with Crippen LogP contribution in [0.25, 0.3) is 0 Å². The van der Waals surface area contributed by atoms with E-state index in [1.165, 1.54) is 10.4 Å². The van der Waals surface area contributed by atoms with Crippen LogP contribution in [-0.2, 0) is 12.8 Å². The third-order valence-corrected chi connectivity index (χ3v) is 5.26. The molecule has 0 radical (unpaired) electrons. The highest BCUT2D eigenvalue weighted by Crippen LogP contribution is 2.26. The maximum Gasteiger partial charge on any atom is 0.0701 e. The van der Waals surface area contributed by atoms with Gasteiger partial charge in [-0.1, -0.05) is 34.1 Å². The largest absolute Gasteiger partial charge is 0.396 e. The van der Waals surface area contributed by atoms with Crippen LogP contribution >= 0.6 is 43.2 Å². The van der Waals surface area contributed by atoms with Crippen LogP contribution in [0, 0.1) is 5.92 Å². The van der Waals surface area contributed by atoms with Gasteiger partial charge in [0.1, 0.15) is 0 Å². The Morgan fingerprint density at radius 2 is 1.83 bits per heavy atom. The molecule has 1 aromatic heterocycles. The first-order chi connectivity index (χ1) is 8.69. The standard InChI is InChI=1S/C14H14Br2OS/c15-13-4-2-1-3-11(13)7-10(9-17)8-12-5-6-14(16)18-12/h1-6,10,17H,7-9H2. The Balaban J connectivity index is 2.04. The predicted molar refractivity (Wildman–Crippen MR) is 84.1 cm³/mol. The van der Waals surface area contributed by atoms with Gasteiger partial charge in [0, 0.05) is 16.0 Å². The second kappa shape index (κ2) is 6.85. The van der Waals surface area contributed by atoms with Gasteiger partial charge in [0.15, 0.2) is 0 Å². The van der Waals surface area contributed by atoms with Gasteiger partial charge in [-0.05, 0) is 58.5 Å². The fourth-order valence-corrected chi connectivity index (χ4v) is 3.97. The monoisotopic (exact) mass is 388 g/mol. The highest BCUT2D eigenvalue weighted by molar-refractivity contribution is 9.11. The summed E-state index contributed by atoms with van der Waals surface area (Å²) >= 11 is 8.77. The van der Waals surface area contributed by atoms with E-state index in [0.717, 1.165) is 21.1 Å². The van der Waals surface area contributed by atoms with Crippen molar-refractivity contribution < 1.29 is 5.11 Å². The molecule has 0 aliphatic heterocycles. The van der Waals surface area contributed by atoms with Gasteiger partial charge in [0.05, 0.1) is 3.79 Å². The van der Waals surface area contributed by atoms with Crippen molar-refractivity contribution in [2.45, 2.75) is 12.8 Å². The molecule has 0 aliphatic carbocycles. The van der Waals surface area contributed by atoms with Crippen LogP contribution in [0.1, 0.15) is 10.4 Å². The molecule has 1 unspecified atom stereocenters. The highest BCUT2D eigenvalue weighted by Gasteiger charge is 2.12. The Labute approximate surface area is 128 Å². The normalized spacial score (nSPS) is 12.6. The van der Waals surface area contributed by atoms with Crippen molar-refractivity contribution in [2.24, 2.45) is 5.92 Å². The Kier molecular flexibility index (Phi) is 5.42.